The van der Waals surface area contributed by atoms with Gasteiger partial charge in [-0.15, -0.1) is 0 Å². The number of hydrogen-bond donors (Lipinski definition) is 1. The molecule has 4 nitrogen and oxygen atoms in total. The normalized spacial score (nSPS) is 12.6. The zero-order chi connectivity index (χ0) is 12.0. The first kappa shape index (κ1) is 12.5. The number of carboxylic acids is 1. The molecule has 0 aliphatic carbocycles. The molecular weight excluding hydrogens is 230 g/mol. The Morgan fingerprint density at radius 2 is 2.19 bits per heavy atom. The van der Waals surface area contributed by atoms with Crippen LogP contribution >= 0.6 is 11.6 Å². The summed E-state index contributed by atoms with van der Waals surface area (Å²) in [6.45, 7) is 1.72. The number of carbonyl (C=O) groups is 1. The fraction of sp³-hybridized carbons (Fsp3) is 0.273. The van der Waals surface area contributed by atoms with Gasteiger partial charge >= 0.3 is 5.97 Å². The molecule has 1 unspecified atom stereocenters. The molecule has 0 heterocycles. The van der Waals surface area contributed by atoms with Crippen molar-refractivity contribution in [3.63, 3.8) is 0 Å². The Kier molecular flexibility index (Phi) is 4.79. The van der Waals surface area contributed by atoms with Crippen molar-refractivity contribution in [2.75, 3.05) is 0 Å². The van der Waals surface area contributed by atoms with Gasteiger partial charge < -0.3 is 9.94 Å². The summed E-state index contributed by atoms with van der Waals surface area (Å²) in [7, 11) is 0. The van der Waals surface area contributed by atoms with Crippen LogP contribution in [0.4, 0.5) is 0 Å². The molecule has 0 aliphatic rings. The average Bonchev–Trinajstić information content (AvgIpc) is 2.26. The first-order valence-corrected chi connectivity index (χ1v) is 5.19. The molecule has 86 valence electrons. The number of aliphatic carboxylic acids is 1. The molecule has 0 fully saturated rings. The van der Waals surface area contributed by atoms with Crippen molar-refractivity contribution in [1.29, 1.82) is 0 Å². The molecule has 0 aromatic heterocycles. The Bertz CT molecular complexity index is 375. The highest BCUT2D eigenvalue weighted by molar-refractivity contribution is 6.30. The minimum Gasteiger partial charge on any atom is -0.478 e. The maximum atomic E-state index is 10.6. The van der Waals surface area contributed by atoms with Crippen LogP contribution in [-0.2, 0) is 9.63 Å². The molecule has 0 radical (unpaired) electrons. The maximum Gasteiger partial charge on any atom is 0.347 e. The highest BCUT2D eigenvalue weighted by Crippen LogP contribution is 2.08. The van der Waals surface area contributed by atoms with Gasteiger partial charge in [-0.1, -0.05) is 35.8 Å². The lowest BCUT2D eigenvalue weighted by Crippen LogP contribution is -2.20. The minimum atomic E-state index is -1.02. The number of oxime groups is 1. The van der Waals surface area contributed by atoms with E-state index in [1.165, 1.54) is 6.21 Å². The largest absolute Gasteiger partial charge is 0.478 e. The lowest BCUT2D eigenvalue weighted by Gasteiger charge is -2.06. The third-order valence-corrected chi connectivity index (χ3v) is 2.16. The molecule has 0 bridgehead atoms. The van der Waals surface area contributed by atoms with E-state index in [0.29, 0.717) is 11.4 Å². The number of benzene rings is 1. The zero-order valence-corrected chi connectivity index (χ0v) is 9.52. The van der Waals surface area contributed by atoms with Gasteiger partial charge in [0.25, 0.3) is 0 Å². The van der Waals surface area contributed by atoms with Gasteiger partial charge in [-0.3, -0.25) is 0 Å². The monoisotopic (exact) mass is 241 g/mol. The van der Waals surface area contributed by atoms with Gasteiger partial charge in [0.2, 0.25) is 6.10 Å². The van der Waals surface area contributed by atoms with Crippen LogP contribution in [0, 0.1) is 0 Å². The molecule has 5 heteroatoms. The van der Waals surface area contributed by atoms with E-state index in [4.69, 9.17) is 21.5 Å². The number of rotatable bonds is 5. The van der Waals surface area contributed by atoms with Crippen LogP contribution in [0.1, 0.15) is 18.9 Å². The second-order valence-corrected chi connectivity index (χ2v) is 3.56. The number of hydrogen-bond acceptors (Lipinski definition) is 3. The summed E-state index contributed by atoms with van der Waals surface area (Å²) in [6.07, 6.45) is 0.915. The van der Waals surface area contributed by atoms with Crippen LogP contribution in [-0.4, -0.2) is 23.4 Å². The molecular formula is C11H12ClNO3. The van der Waals surface area contributed by atoms with Crippen molar-refractivity contribution in [3.05, 3.63) is 34.9 Å². The topological polar surface area (TPSA) is 58.9 Å². The second kappa shape index (κ2) is 6.12. The van der Waals surface area contributed by atoms with Gasteiger partial charge in [-0.2, -0.15) is 0 Å². The molecule has 1 aromatic rings. The predicted molar refractivity (Wildman–Crippen MR) is 61.8 cm³/mol. The molecule has 0 aliphatic heterocycles. The Hall–Kier alpha value is -1.55. The standard InChI is InChI=1S/C11H12ClNO3/c1-2-10(11(14)15)16-13-7-8-3-5-9(12)6-4-8/h3-7,10H,2H2,1H3,(H,14,15)/b13-7+. The molecule has 1 N–H and O–H groups in total. The van der Waals surface area contributed by atoms with Gasteiger partial charge in [0.1, 0.15) is 0 Å². The first-order valence-electron chi connectivity index (χ1n) is 4.81. The second-order valence-electron chi connectivity index (χ2n) is 3.13. The summed E-state index contributed by atoms with van der Waals surface area (Å²) in [4.78, 5) is 15.4. The molecule has 0 saturated carbocycles. The molecule has 1 atom stereocenters. The predicted octanol–water partition coefficient (Wildman–Crippen LogP) is 2.55. The van der Waals surface area contributed by atoms with E-state index in [2.05, 4.69) is 5.16 Å². The highest BCUT2D eigenvalue weighted by atomic mass is 35.5. The third-order valence-electron chi connectivity index (χ3n) is 1.91. The maximum absolute atomic E-state index is 10.6. The van der Waals surface area contributed by atoms with E-state index in [0.717, 1.165) is 5.56 Å². The van der Waals surface area contributed by atoms with Gasteiger partial charge in [0.15, 0.2) is 0 Å². The lowest BCUT2D eigenvalue weighted by atomic mass is 10.2. The van der Waals surface area contributed by atoms with Gasteiger partial charge in [-0.25, -0.2) is 4.79 Å². The van der Waals surface area contributed by atoms with Crippen LogP contribution < -0.4 is 0 Å². The Morgan fingerprint density at radius 1 is 1.56 bits per heavy atom. The van der Waals surface area contributed by atoms with Crippen molar-refractivity contribution in [2.24, 2.45) is 5.16 Å². The zero-order valence-electron chi connectivity index (χ0n) is 8.76. The number of nitrogens with zero attached hydrogens (tertiary/aromatic N) is 1. The third kappa shape index (κ3) is 3.90. The lowest BCUT2D eigenvalue weighted by molar-refractivity contribution is -0.150. The smallest absolute Gasteiger partial charge is 0.347 e. The van der Waals surface area contributed by atoms with E-state index < -0.39 is 12.1 Å². The minimum absolute atomic E-state index is 0.368. The SMILES string of the molecule is CCC(O/N=C/c1ccc(Cl)cc1)C(=O)O. The summed E-state index contributed by atoms with van der Waals surface area (Å²) >= 11 is 5.71. The highest BCUT2D eigenvalue weighted by Gasteiger charge is 2.15. The fourth-order valence-corrected chi connectivity index (χ4v) is 1.13. The van der Waals surface area contributed by atoms with E-state index in [1.54, 1.807) is 31.2 Å². The van der Waals surface area contributed by atoms with E-state index in [1.807, 2.05) is 0 Å². The van der Waals surface area contributed by atoms with E-state index in [-0.39, 0.29) is 0 Å². The van der Waals surface area contributed by atoms with Crippen LogP contribution in [0.15, 0.2) is 29.4 Å². The summed E-state index contributed by atoms with van der Waals surface area (Å²) in [5, 5.41) is 12.9. The van der Waals surface area contributed by atoms with Gasteiger partial charge in [-0.05, 0) is 24.1 Å². The molecule has 1 rings (SSSR count). The van der Waals surface area contributed by atoms with Crippen molar-refractivity contribution in [2.45, 2.75) is 19.4 Å². The van der Waals surface area contributed by atoms with Gasteiger partial charge in [0, 0.05) is 5.02 Å². The molecule has 0 saturated heterocycles. The van der Waals surface area contributed by atoms with Crippen molar-refractivity contribution in [1.82, 2.24) is 0 Å². The van der Waals surface area contributed by atoms with E-state index >= 15 is 0 Å². The number of halogens is 1. The first-order chi connectivity index (χ1) is 7.63. The molecule has 0 spiro atoms. The van der Waals surface area contributed by atoms with Gasteiger partial charge in [0.05, 0.1) is 6.21 Å². The molecule has 1 aromatic carbocycles. The fourth-order valence-electron chi connectivity index (χ4n) is 1.01. The molecule has 0 amide bonds. The van der Waals surface area contributed by atoms with E-state index in [9.17, 15) is 4.79 Å². The Balaban J connectivity index is 2.54. The molecule has 16 heavy (non-hydrogen) atoms. The quantitative estimate of drug-likeness (QED) is 0.637. The van der Waals surface area contributed by atoms with Crippen LogP contribution in [0.25, 0.3) is 0 Å². The van der Waals surface area contributed by atoms with Crippen molar-refractivity contribution < 1.29 is 14.7 Å². The Labute approximate surface area is 98.5 Å². The van der Waals surface area contributed by atoms with Crippen LogP contribution in [0.5, 0.6) is 0 Å². The Morgan fingerprint density at radius 3 is 2.69 bits per heavy atom. The summed E-state index contributed by atoms with van der Waals surface area (Å²) in [5.41, 5.74) is 0.796. The van der Waals surface area contributed by atoms with Crippen molar-refractivity contribution in [3.8, 4) is 0 Å². The summed E-state index contributed by atoms with van der Waals surface area (Å²) in [6, 6.07) is 6.96. The summed E-state index contributed by atoms with van der Waals surface area (Å²) < 4.78 is 0. The van der Waals surface area contributed by atoms with Crippen molar-refractivity contribution >= 4 is 23.8 Å². The number of carboxylic acid groups (broad SMARTS) is 1. The average molecular weight is 242 g/mol. The summed E-state index contributed by atoms with van der Waals surface area (Å²) in [5.74, 6) is -1.02. The van der Waals surface area contributed by atoms with Crippen LogP contribution in [0.2, 0.25) is 5.02 Å². The van der Waals surface area contributed by atoms with Crippen LogP contribution in [0.3, 0.4) is 0 Å².